The van der Waals surface area contributed by atoms with Gasteiger partial charge in [-0.3, -0.25) is 9.59 Å². The van der Waals surface area contributed by atoms with E-state index in [0.717, 1.165) is 72.2 Å². The molecule has 5 rings (SSSR count). The number of benzene rings is 1. The van der Waals surface area contributed by atoms with Crippen LogP contribution in [-0.2, 0) is 6.54 Å². The molecule has 0 spiro atoms. The fraction of sp³-hybridized carbons (Fsp3) is 0.500. The van der Waals surface area contributed by atoms with E-state index in [0.29, 0.717) is 17.2 Å². The lowest BCUT2D eigenvalue weighted by Gasteiger charge is -2.37. The summed E-state index contributed by atoms with van der Waals surface area (Å²) in [5.41, 5.74) is 6.83. The molecule has 2 N–H and O–H groups in total. The van der Waals surface area contributed by atoms with Gasteiger partial charge in [0.05, 0.1) is 0 Å². The summed E-state index contributed by atoms with van der Waals surface area (Å²) in [6.07, 6.45) is 8.08. The lowest BCUT2D eigenvalue weighted by molar-refractivity contribution is 0.0950. The molecule has 1 aliphatic carbocycles. The van der Waals surface area contributed by atoms with Gasteiger partial charge in [0.1, 0.15) is 5.82 Å². The molecule has 3 aromatic rings. The summed E-state index contributed by atoms with van der Waals surface area (Å²) in [4.78, 5) is 41.2. The number of aromatic nitrogens is 2. The minimum absolute atomic E-state index is 0.153. The van der Waals surface area contributed by atoms with Crippen molar-refractivity contribution < 1.29 is 4.79 Å². The minimum atomic E-state index is -0.170. The fourth-order valence-electron chi connectivity index (χ4n) is 6.56. The maximum Gasteiger partial charge on any atom is 0.253 e. The SMILES string of the molecule is CCN(c1cc(-c2ccc(N3CCN(C)CC3)nc2)cc(C(=O)NCc2c(C)cc(C)[nH]c2=O)c1C)C1CCCCC1. The number of rotatable bonds is 8. The molecule has 0 bridgehead atoms. The van der Waals surface area contributed by atoms with Crippen molar-refractivity contribution >= 4 is 17.4 Å². The Morgan fingerprint density at radius 2 is 1.76 bits per heavy atom. The minimum Gasteiger partial charge on any atom is -0.369 e. The van der Waals surface area contributed by atoms with Crippen LogP contribution >= 0.6 is 0 Å². The number of pyridine rings is 2. The van der Waals surface area contributed by atoms with Gasteiger partial charge >= 0.3 is 0 Å². The van der Waals surface area contributed by atoms with Crippen LogP contribution in [0.3, 0.4) is 0 Å². The van der Waals surface area contributed by atoms with Gasteiger partial charge in [-0.05, 0) is 94.6 Å². The number of aryl methyl sites for hydroxylation is 2. The zero-order valence-electron chi connectivity index (χ0n) is 25.9. The first kappa shape index (κ1) is 29.8. The Morgan fingerprint density at radius 3 is 2.40 bits per heavy atom. The number of likely N-dealkylation sites (N-methyl/N-ethyl adjacent to an activating group) is 1. The number of H-pyrrole nitrogens is 1. The van der Waals surface area contributed by atoms with E-state index < -0.39 is 0 Å². The number of carbonyl (C=O) groups is 1. The molecule has 2 aromatic heterocycles. The topological polar surface area (TPSA) is 84.6 Å². The molecule has 1 saturated heterocycles. The monoisotopic (exact) mass is 570 g/mol. The molecule has 8 heteroatoms. The molecular formula is C34H46N6O2. The Morgan fingerprint density at radius 1 is 1.02 bits per heavy atom. The van der Waals surface area contributed by atoms with Crippen molar-refractivity contribution in [1.82, 2.24) is 20.2 Å². The van der Waals surface area contributed by atoms with Gasteiger partial charge in [-0.2, -0.15) is 0 Å². The highest BCUT2D eigenvalue weighted by molar-refractivity contribution is 5.99. The molecular weight excluding hydrogens is 524 g/mol. The maximum atomic E-state index is 13.8. The number of anilines is 2. The molecule has 3 heterocycles. The van der Waals surface area contributed by atoms with Crippen LogP contribution < -0.4 is 20.7 Å². The standard InChI is InChI=1S/C34H46N6O2/c1-6-40(28-10-8-7-9-11-28)31-20-27(26-12-13-32(35-21-26)39-16-14-38(5)15-17-39)19-29(25(31)4)33(41)36-22-30-23(2)18-24(3)37-34(30)42/h12-13,18-21,28H,6-11,14-17,22H2,1-5H3,(H,36,41)(H,37,42). The highest BCUT2D eigenvalue weighted by Crippen LogP contribution is 2.35. The molecule has 2 aliphatic rings. The van der Waals surface area contributed by atoms with Crippen LogP contribution in [0.4, 0.5) is 11.5 Å². The highest BCUT2D eigenvalue weighted by atomic mass is 16.1. The Labute approximate surface area is 250 Å². The largest absolute Gasteiger partial charge is 0.369 e. The lowest BCUT2D eigenvalue weighted by atomic mass is 9.91. The molecule has 42 heavy (non-hydrogen) atoms. The second-order valence-corrected chi connectivity index (χ2v) is 12.1. The van der Waals surface area contributed by atoms with Crippen LogP contribution in [0.1, 0.15) is 71.8 Å². The average Bonchev–Trinajstić information content (AvgIpc) is 2.99. The quantitative estimate of drug-likeness (QED) is 0.387. The predicted octanol–water partition coefficient (Wildman–Crippen LogP) is 5.20. The predicted molar refractivity (Wildman–Crippen MR) is 172 cm³/mol. The van der Waals surface area contributed by atoms with Crippen molar-refractivity contribution in [3.8, 4) is 11.1 Å². The maximum absolute atomic E-state index is 13.8. The fourth-order valence-corrected chi connectivity index (χ4v) is 6.56. The number of hydrogen-bond acceptors (Lipinski definition) is 6. The number of piperazine rings is 1. The molecule has 1 saturated carbocycles. The first-order chi connectivity index (χ1) is 20.2. The Hall–Kier alpha value is -3.65. The number of amides is 1. The highest BCUT2D eigenvalue weighted by Gasteiger charge is 2.25. The van der Waals surface area contributed by atoms with Crippen LogP contribution in [0.25, 0.3) is 11.1 Å². The molecule has 8 nitrogen and oxygen atoms in total. The number of nitrogens with zero attached hydrogens (tertiary/aromatic N) is 4. The second-order valence-electron chi connectivity index (χ2n) is 12.1. The van der Waals surface area contributed by atoms with Crippen molar-refractivity contribution in [3.63, 3.8) is 0 Å². The van der Waals surface area contributed by atoms with E-state index in [2.05, 4.69) is 64.1 Å². The van der Waals surface area contributed by atoms with Gasteiger partial charge in [0.15, 0.2) is 0 Å². The van der Waals surface area contributed by atoms with Gasteiger partial charge in [-0.15, -0.1) is 0 Å². The van der Waals surface area contributed by atoms with Crippen LogP contribution in [0.5, 0.6) is 0 Å². The van der Waals surface area contributed by atoms with E-state index in [4.69, 9.17) is 4.98 Å². The number of carbonyl (C=O) groups excluding carboxylic acids is 1. The Bertz CT molecular complexity index is 1450. The summed E-state index contributed by atoms with van der Waals surface area (Å²) in [5, 5.41) is 3.05. The van der Waals surface area contributed by atoms with E-state index in [9.17, 15) is 9.59 Å². The van der Waals surface area contributed by atoms with Crippen LogP contribution in [0.2, 0.25) is 0 Å². The van der Waals surface area contributed by atoms with Gasteiger partial charge in [0.25, 0.3) is 11.5 Å². The van der Waals surface area contributed by atoms with E-state index in [-0.39, 0.29) is 18.0 Å². The summed E-state index contributed by atoms with van der Waals surface area (Å²) >= 11 is 0. The van der Waals surface area contributed by atoms with E-state index in [1.807, 2.05) is 32.2 Å². The molecule has 1 aliphatic heterocycles. The summed E-state index contributed by atoms with van der Waals surface area (Å²) < 4.78 is 0. The second kappa shape index (κ2) is 13.1. The Balaban J connectivity index is 1.48. The third kappa shape index (κ3) is 6.54. The van der Waals surface area contributed by atoms with Gasteiger partial charge in [-0.1, -0.05) is 19.3 Å². The van der Waals surface area contributed by atoms with Gasteiger partial charge in [-0.25, -0.2) is 4.98 Å². The zero-order chi connectivity index (χ0) is 29.8. The van der Waals surface area contributed by atoms with Gasteiger partial charge in [0.2, 0.25) is 0 Å². The van der Waals surface area contributed by atoms with Crippen LogP contribution in [0, 0.1) is 20.8 Å². The van der Waals surface area contributed by atoms with Crippen molar-refractivity contribution in [1.29, 1.82) is 0 Å². The summed E-state index contributed by atoms with van der Waals surface area (Å²) in [6.45, 7) is 13.1. The third-order valence-electron chi connectivity index (χ3n) is 9.12. The summed E-state index contributed by atoms with van der Waals surface area (Å²) in [6, 6.07) is 10.9. The molecule has 1 aromatic carbocycles. The number of aromatic amines is 1. The van der Waals surface area contributed by atoms with Gasteiger partial charge < -0.3 is 25.0 Å². The third-order valence-corrected chi connectivity index (χ3v) is 9.12. The van der Waals surface area contributed by atoms with Crippen molar-refractivity contribution in [2.45, 2.75) is 72.4 Å². The molecule has 0 unspecified atom stereocenters. The first-order valence-corrected chi connectivity index (χ1v) is 15.5. The molecule has 2 fully saturated rings. The van der Waals surface area contributed by atoms with Crippen molar-refractivity contribution in [2.24, 2.45) is 0 Å². The van der Waals surface area contributed by atoms with Crippen molar-refractivity contribution in [2.75, 3.05) is 49.6 Å². The lowest BCUT2D eigenvalue weighted by Crippen LogP contribution is -2.44. The van der Waals surface area contributed by atoms with E-state index >= 15 is 0 Å². The van der Waals surface area contributed by atoms with Crippen molar-refractivity contribution in [3.05, 3.63) is 74.8 Å². The molecule has 0 radical (unpaired) electrons. The van der Waals surface area contributed by atoms with E-state index in [1.54, 1.807) is 0 Å². The molecule has 1 amide bonds. The molecule has 224 valence electrons. The first-order valence-electron chi connectivity index (χ1n) is 15.5. The Kier molecular flexibility index (Phi) is 9.31. The normalized spacial score (nSPS) is 16.5. The van der Waals surface area contributed by atoms with Gasteiger partial charge in [0, 0.05) is 79.6 Å². The van der Waals surface area contributed by atoms with Crippen LogP contribution in [0.15, 0.2) is 41.3 Å². The zero-order valence-corrected chi connectivity index (χ0v) is 25.9. The van der Waals surface area contributed by atoms with Crippen LogP contribution in [-0.4, -0.2) is 66.6 Å². The number of hydrogen-bond donors (Lipinski definition) is 2. The van der Waals surface area contributed by atoms with E-state index in [1.165, 1.54) is 32.1 Å². The summed E-state index contributed by atoms with van der Waals surface area (Å²) in [7, 11) is 2.16. The summed E-state index contributed by atoms with van der Waals surface area (Å²) in [5.74, 6) is 0.824. The smallest absolute Gasteiger partial charge is 0.253 e. The molecule has 0 atom stereocenters. The number of nitrogens with one attached hydrogen (secondary N) is 2. The average molecular weight is 571 g/mol.